The highest BCUT2D eigenvalue weighted by Crippen LogP contribution is 1.85. The van der Waals surface area contributed by atoms with Crippen LogP contribution in [-0.4, -0.2) is 39.4 Å². The van der Waals surface area contributed by atoms with E-state index in [1.165, 1.54) is 0 Å². The van der Waals surface area contributed by atoms with E-state index < -0.39 is 0 Å². The fourth-order valence-corrected chi connectivity index (χ4v) is 1.03. The predicted molar refractivity (Wildman–Crippen MR) is 43.8 cm³/mol. The van der Waals surface area contributed by atoms with Crippen LogP contribution < -0.4 is 10.6 Å². The van der Waals surface area contributed by atoms with Gasteiger partial charge in [-0.15, -0.1) is 12.4 Å². The first kappa shape index (κ1) is 10.2. The third kappa shape index (κ3) is 3.37. The molecule has 0 aliphatic carbocycles. The van der Waals surface area contributed by atoms with Crippen molar-refractivity contribution in [2.45, 2.75) is 6.04 Å². The lowest BCUT2D eigenvalue weighted by Gasteiger charge is -2.23. The minimum atomic E-state index is 0. The summed E-state index contributed by atoms with van der Waals surface area (Å²) in [7, 11) is 1.73. The number of hydrogen-bond acceptors (Lipinski definition) is 3. The van der Waals surface area contributed by atoms with Gasteiger partial charge in [0, 0.05) is 32.8 Å². The Hall–Kier alpha value is 0.170. The maximum Gasteiger partial charge on any atom is 0.0628 e. The molecule has 1 atom stereocenters. The molecular weight excluding hydrogens is 152 g/mol. The molecule has 1 aliphatic heterocycles. The molecule has 0 amide bonds. The first-order valence-electron chi connectivity index (χ1n) is 3.36. The maximum absolute atomic E-state index is 4.98. The molecule has 62 valence electrons. The Kier molecular flexibility index (Phi) is 6.02. The van der Waals surface area contributed by atoms with Gasteiger partial charge in [0.1, 0.15) is 0 Å². The average Bonchev–Trinajstić information content (AvgIpc) is 1.91. The zero-order valence-electron chi connectivity index (χ0n) is 6.22. The number of rotatable bonds is 2. The summed E-state index contributed by atoms with van der Waals surface area (Å²) in [6.07, 6.45) is 0. The zero-order valence-corrected chi connectivity index (χ0v) is 7.04. The number of halogens is 1. The van der Waals surface area contributed by atoms with Gasteiger partial charge in [-0.05, 0) is 0 Å². The summed E-state index contributed by atoms with van der Waals surface area (Å²) in [6.45, 7) is 4.00. The SMILES string of the molecule is COC[C@H]1CNCCN1.Cl. The maximum atomic E-state index is 4.98. The van der Waals surface area contributed by atoms with Gasteiger partial charge in [-0.25, -0.2) is 0 Å². The zero-order chi connectivity index (χ0) is 6.53. The normalized spacial score (nSPS) is 25.5. The van der Waals surface area contributed by atoms with Crippen LogP contribution in [0.15, 0.2) is 0 Å². The molecule has 0 aromatic carbocycles. The molecule has 1 rings (SSSR count). The fraction of sp³-hybridized carbons (Fsp3) is 1.00. The molecule has 1 aliphatic rings. The second kappa shape index (κ2) is 5.92. The molecule has 1 fully saturated rings. The molecule has 3 nitrogen and oxygen atoms in total. The van der Waals surface area contributed by atoms with E-state index in [0.717, 1.165) is 26.2 Å². The van der Waals surface area contributed by atoms with Gasteiger partial charge in [-0.3, -0.25) is 0 Å². The molecule has 0 radical (unpaired) electrons. The molecule has 0 aromatic rings. The third-order valence-corrected chi connectivity index (χ3v) is 1.49. The Morgan fingerprint density at radius 2 is 2.30 bits per heavy atom. The summed E-state index contributed by atoms with van der Waals surface area (Å²) in [5, 5.41) is 6.61. The predicted octanol–water partition coefficient (Wildman–Crippen LogP) is -0.384. The van der Waals surface area contributed by atoms with Gasteiger partial charge in [0.15, 0.2) is 0 Å². The number of piperazine rings is 1. The lowest BCUT2D eigenvalue weighted by Crippen LogP contribution is -2.50. The topological polar surface area (TPSA) is 33.3 Å². The van der Waals surface area contributed by atoms with Crippen molar-refractivity contribution in [1.82, 2.24) is 10.6 Å². The lowest BCUT2D eigenvalue weighted by molar-refractivity contribution is 0.159. The number of methoxy groups -OCH3 is 1. The second-order valence-electron chi connectivity index (χ2n) is 2.31. The first-order chi connectivity index (χ1) is 4.43. The van der Waals surface area contributed by atoms with E-state index in [1.54, 1.807) is 7.11 Å². The summed E-state index contributed by atoms with van der Waals surface area (Å²) in [6, 6.07) is 0.517. The van der Waals surface area contributed by atoms with Crippen molar-refractivity contribution in [2.75, 3.05) is 33.4 Å². The summed E-state index contributed by atoms with van der Waals surface area (Å²) in [4.78, 5) is 0. The summed E-state index contributed by atoms with van der Waals surface area (Å²) >= 11 is 0. The number of ether oxygens (including phenoxy) is 1. The van der Waals surface area contributed by atoms with Crippen molar-refractivity contribution in [3.05, 3.63) is 0 Å². The largest absolute Gasteiger partial charge is 0.383 e. The van der Waals surface area contributed by atoms with Crippen molar-refractivity contribution in [3.63, 3.8) is 0 Å². The Morgan fingerprint density at radius 3 is 2.80 bits per heavy atom. The summed E-state index contributed by atoms with van der Waals surface area (Å²) < 4.78 is 4.98. The minimum Gasteiger partial charge on any atom is -0.383 e. The van der Waals surface area contributed by atoms with Gasteiger partial charge in [0.25, 0.3) is 0 Å². The van der Waals surface area contributed by atoms with E-state index in [4.69, 9.17) is 4.74 Å². The van der Waals surface area contributed by atoms with Crippen LogP contribution in [0.25, 0.3) is 0 Å². The average molecular weight is 167 g/mol. The standard InChI is InChI=1S/C6H14N2O.ClH/c1-9-5-6-4-7-2-3-8-6;/h6-8H,2-5H2,1H3;1H/t6-;/m1./s1. The molecule has 0 spiro atoms. The van der Waals surface area contributed by atoms with E-state index in [2.05, 4.69) is 10.6 Å². The molecule has 1 heterocycles. The highest BCUT2D eigenvalue weighted by Gasteiger charge is 2.09. The Labute approximate surface area is 67.9 Å². The number of nitrogens with one attached hydrogen (secondary N) is 2. The Bertz CT molecular complexity index is 73.4. The highest BCUT2D eigenvalue weighted by molar-refractivity contribution is 5.85. The van der Waals surface area contributed by atoms with Crippen LogP contribution in [0.1, 0.15) is 0 Å². The summed E-state index contributed by atoms with van der Waals surface area (Å²) in [5.74, 6) is 0. The van der Waals surface area contributed by atoms with Crippen LogP contribution in [0.4, 0.5) is 0 Å². The smallest absolute Gasteiger partial charge is 0.0628 e. The van der Waals surface area contributed by atoms with Crippen molar-refractivity contribution in [3.8, 4) is 0 Å². The molecular formula is C6H15ClN2O. The molecule has 0 bridgehead atoms. The highest BCUT2D eigenvalue weighted by atomic mass is 35.5. The van der Waals surface area contributed by atoms with Gasteiger partial charge in [-0.1, -0.05) is 0 Å². The Morgan fingerprint density at radius 1 is 1.50 bits per heavy atom. The van der Waals surface area contributed by atoms with E-state index >= 15 is 0 Å². The van der Waals surface area contributed by atoms with Crippen molar-refractivity contribution < 1.29 is 4.74 Å². The third-order valence-electron chi connectivity index (χ3n) is 1.49. The van der Waals surface area contributed by atoms with Crippen LogP contribution in [0.3, 0.4) is 0 Å². The molecule has 1 saturated heterocycles. The van der Waals surface area contributed by atoms with Gasteiger partial charge < -0.3 is 15.4 Å². The Balaban J connectivity index is 0.000000810. The lowest BCUT2D eigenvalue weighted by atomic mass is 10.2. The number of hydrogen-bond donors (Lipinski definition) is 2. The van der Waals surface area contributed by atoms with E-state index in [9.17, 15) is 0 Å². The van der Waals surface area contributed by atoms with E-state index in [1.807, 2.05) is 0 Å². The fourth-order valence-electron chi connectivity index (χ4n) is 1.03. The van der Waals surface area contributed by atoms with Crippen molar-refractivity contribution >= 4 is 12.4 Å². The van der Waals surface area contributed by atoms with Crippen LogP contribution >= 0.6 is 12.4 Å². The van der Waals surface area contributed by atoms with Crippen LogP contribution in [0.5, 0.6) is 0 Å². The van der Waals surface area contributed by atoms with Gasteiger partial charge in [0.2, 0.25) is 0 Å². The molecule has 2 N–H and O–H groups in total. The molecule has 0 aromatic heterocycles. The van der Waals surface area contributed by atoms with Crippen LogP contribution in [-0.2, 0) is 4.74 Å². The van der Waals surface area contributed by atoms with Gasteiger partial charge in [0.05, 0.1) is 6.61 Å². The molecule has 4 heteroatoms. The minimum absolute atomic E-state index is 0. The van der Waals surface area contributed by atoms with E-state index in [-0.39, 0.29) is 12.4 Å². The van der Waals surface area contributed by atoms with Crippen molar-refractivity contribution in [2.24, 2.45) is 0 Å². The van der Waals surface area contributed by atoms with Gasteiger partial charge >= 0.3 is 0 Å². The monoisotopic (exact) mass is 166 g/mol. The quantitative estimate of drug-likeness (QED) is 0.587. The molecule has 0 unspecified atom stereocenters. The molecule has 0 saturated carbocycles. The van der Waals surface area contributed by atoms with Crippen LogP contribution in [0.2, 0.25) is 0 Å². The molecule has 10 heavy (non-hydrogen) atoms. The van der Waals surface area contributed by atoms with Gasteiger partial charge in [-0.2, -0.15) is 0 Å². The van der Waals surface area contributed by atoms with Crippen LogP contribution in [0, 0.1) is 0 Å². The van der Waals surface area contributed by atoms with E-state index in [0.29, 0.717) is 6.04 Å². The second-order valence-corrected chi connectivity index (χ2v) is 2.31. The first-order valence-corrected chi connectivity index (χ1v) is 3.36. The summed E-state index contributed by atoms with van der Waals surface area (Å²) in [5.41, 5.74) is 0. The van der Waals surface area contributed by atoms with Crippen molar-refractivity contribution in [1.29, 1.82) is 0 Å².